The van der Waals surface area contributed by atoms with E-state index >= 15 is 0 Å². The zero-order valence-corrected chi connectivity index (χ0v) is 35.1. The first-order valence-corrected chi connectivity index (χ1v) is 22.5. The Morgan fingerprint density at radius 2 is 0.965 bits per heavy atom. The van der Waals surface area contributed by atoms with Crippen molar-refractivity contribution in [3.63, 3.8) is 0 Å². The molecule has 0 aromatic carbocycles. The Bertz CT molecular complexity index is 1230. The molecular formula is C39H63N4O12PS. The second-order valence-electron chi connectivity index (χ2n) is 13.3. The molecule has 57 heavy (non-hydrogen) atoms. The number of hydrogen-bond donors (Lipinski definition) is 5. The van der Waals surface area contributed by atoms with Crippen molar-refractivity contribution in [2.75, 3.05) is 106 Å². The molecule has 322 valence electrons. The summed E-state index contributed by atoms with van der Waals surface area (Å²) in [5.41, 5.74) is -1.10. The molecule has 1 saturated carbocycles. The molecule has 1 rings (SSSR count). The van der Waals surface area contributed by atoms with Gasteiger partial charge in [0.05, 0.1) is 65.6 Å². The molecule has 1 atom stereocenters. The van der Waals surface area contributed by atoms with Crippen molar-refractivity contribution in [3.05, 3.63) is 0 Å². The Morgan fingerprint density at radius 1 is 0.614 bits per heavy atom. The predicted molar refractivity (Wildman–Crippen MR) is 218 cm³/mol. The maximum absolute atomic E-state index is 13.9. The van der Waals surface area contributed by atoms with Gasteiger partial charge in [0.2, 0.25) is 23.6 Å². The van der Waals surface area contributed by atoms with E-state index < -0.39 is 12.1 Å². The Hall–Kier alpha value is -3.14. The molecule has 0 aliphatic heterocycles. The van der Waals surface area contributed by atoms with E-state index in [4.69, 9.17) is 52.2 Å². The van der Waals surface area contributed by atoms with Crippen LogP contribution in [-0.2, 0) is 56.7 Å². The maximum atomic E-state index is 13.9. The molecule has 0 radical (unpaired) electrons. The van der Waals surface area contributed by atoms with Crippen LogP contribution in [-0.4, -0.2) is 141 Å². The summed E-state index contributed by atoms with van der Waals surface area (Å²) >= 11 is 4.05. The average Bonchev–Trinajstić information content (AvgIpc) is 3.18. The van der Waals surface area contributed by atoms with Crippen LogP contribution in [0, 0.1) is 42.9 Å². The van der Waals surface area contributed by atoms with Gasteiger partial charge in [0.15, 0.2) is 0 Å². The van der Waals surface area contributed by atoms with Gasteiger partial charge in [-0.1, -0.05) is 30.0 Å². The van der Waals surface area contributed by atoms with Crippen LogP contribution in [0.3, 0.4) is 0 Å². The zero-order chi connectivity index (χ0) is 42.0. The molecule has 0 saturated heterocycles. The second kappa shape index (κ2) is 32.8. The number of thiol groups is 1. The number of nitrogens with one attached hydrogen (secondary N) is 4. The van der Waals surface area contributed by atoms with Crippen LogP contribution in [0.1, 0.15) is 64.2 Å². The number of carbonyl (C=O) groups is 4. The quantitative estimate of drug-likeness (QED) is 0.0274. The van der Waals surface area contributed by atoms with E-state index in [0.717, 1.165) is 0 Å². The molecule has 4 amide bonds. The molecule has 1 fully saturated rings. The molecule has 1 aliphatic rings. The van der Waals surface area contributed by atoms with Crippen LogP contribution in [0.4, 0.5) is 0 Å². The van der Waals surface area contributed by atoms with Crippen molar-refractivity contribution in [1.82, 2.24) is 21.3 Å². The minimum atomic E-state index is -3.00. The Labute approximate surface area is 344 Å². The topological polar surface area (TPSA) is 198 Å². The SMILES string of the molecule is C#CCOCCOCCNC(=O)CCC(CCC(=O)NCCOCCOCC#C)(CCC(=O)NCCOCCOCC#C)NC(=O)[C@H]1CC[C@@H](OP(C)(=O)S)CC1. The number of ether oxygens (including phenoxy) is 6. The minimum absolute atomic E-state index is 0.00822. The third-order valence-corrected chi connectivity index (χ3v) is 9.62. The zero-order valence-electron chi connectivity index (χ0n) is 33.4. The van der Waals surface area contributed by atoms with Gasteiger partial charge in [-0.3, -0.25) is 23.7 Å². The molecule has 1 unspecified atom stereocenters. The van der Waals surface area contributed by atoms with Gasteiger partial charge in [0.1, 0.15) is 19.8 Å². The van der Waals surface area contributed by atoms with E-state index in [2.05, 4.69) is 51.3 Å². The summed E-state index contributed by atoms with van der Waals surface area (Å²) in [6.45, 7) is 2.43. The third kappa shape index (κ3) is 28.8. The lowest BCUT2D eigenvalue weighted by Crippen LogP contribution is -2.52. The average molecular weight is 843 g/mol. The molecule has 0 aromatic heterocycles. The Balaban J connectivity index is 3.01. The summed E-state index contributed by atoms with van der Waals surface area (Å²) in [5, 5.41) is 11.7. The largest absolute Gasteiger partial charge is 0.377 e. The molecule has 18 heteroatoms. The van der Waals surface area contributed by atoms with Gasteiger partial charge in [0.25, 0.3) is 6.57 Å². The van der Waals surface area contributed by atoms with E-state index in [0.29, 0.717) is 65.3 Å². The van der Waals surface area contributed by atoms with Crippen molar-refractivity contribution in [1.29, 1.82) is 0 Å². The summed E-state index contributed by atoms with van der Waals surface area (Å²) in [7, 11) is 0. The minimum Gasteiger partial charge on any atom is -0.377 e. The lowest BCUT2D eigenvalue weighted by atomic mass is 9.81. The summed E-state index contributed by atoms with van der Waals surface area (Å²) in [6.07, 6.45) is 17.7. The van der Waals surface area contributed by atoms with Crippen LogP contribution in [0.25, 0.3) is 0 Å². The van der Waals surface area contributed by atoms with Crippen LogP contribution in [0.15, 0.2) is 0 Å². The van der Waals surface area contributed by atoms with Crippen molar-refractivity contribution in [2.24, 2.45) is 5.92 Å². The Kier molecular flexibility index (Phi) is 29.8. The number of amides is 4. The number of rotatable bonds is 34. The van der Waals surface area contributed by atoms with Gasteiger partial charge in [-0.25, -0.2) is 0 Å². The fraction of sp³-hybridized carbons (Fsp3) is 0.744. The van der Waals surface area contributed by atoms with Crippen LogP contribution in [0.2, 0.25) is 0 Å². The molecule has 0 spiro atoms. The van der Waals surface area contributed by atoms with Crippen molar-refractivity contribution in [2.45, 2.75) is 75.9 Å². The maximum Gasteiger partial charge on any atom is 0.252 e. The highest BCUT2D eigenvalue weighted by Gasteiger charge is 2.37. The number of terminal acetylenes is 3. The van der Waals surface area contributed by atoms with E-state index in [1.807, 2.05) is 0 Å². The van der Waals surface area contributed by atoms with E-state index in [1.54, 1.807) is 0 Å². The fourth-order valence-electron chi connectivity index (χ4n) is 5.80. The van der Waals surface area contributed by atoms with Gasteiger partial charge in [-0.05, 0) is 44.9 Å². The van der Waals surface area contributed by atoms with Gasteiger partial charge < -0.3 is 54.2 Å². The summed E-state index contributed by atoms with van der Waals surface area (Å²) < 4.78 is 49.6. The molecule has 16 nitrogen and oxygen atoms in total. The number of carbonyl (C=O) groups excluding carboxylic acids is 4. The first-order valence-electron chi connectivity index (χ1n) is 19.3. The lowest BCUT2D eigenvalue weighted by Gasteiger charge is -2.37. The summed E-state index contributed by atoms with van der Waals surface area (Å²) in [4.78, 5) is 53.1. The van der Waals surface area contributed by atoms with Crippen LogP contribution in [0.5, 0.6) is 0 Å². The standard InChI is InChI=1S/C39H63N4O12PS/c1-5-21-49-27-30-52-24-18-40-35(44)12-15-39(16-13-36(45)41-19-25-53-31-28-50-22-6-2,17-14-37(46)42-20-26-54-32-29-51-23-7-3)43-38(47)33-8-10-34(11-9-33)55-56(4,48)57/h1-3,33-34H,8-32H2,4H3,(H,40,44)(H,41,45)(H,42,46)(H,43,47)(H,48,57)/t33-,34+,56?. The second-order valence-corrected chi connectivity index (χ2v) is 17.3. The van der Waals surface area contributed by atoms with Crippen LogP contribution >= 0.6 is 18.8 Å². The van der Waals surface area contributed by atoms with E-state index in [9.17, 15) is 23.7 Å². The molecule has 0 bridgehead atoms. The predicted octanol–water partition coefficient (Wildman–Crippen LogP) is 1.86. The smallest absolute Gasteiger partial charge is 0.252 e. The van der Waals surface area contributed by atoms with Crippen molar-refractivity contribution < 1.29 is 56.7 Å². The fourth-order valence-corrected chi connectivity index (χ4v) is 6.96. The first-order chi connectivity index (χ1) is 27.4. The number of hydrogen-bond acceptors (Lipinski definition) is 12. The van der Waals surface area contributed by atoms with Crippen molar-refractivity contribution in [3.8, 4) is 37.0 Å². The molecule has 0 aromatic rings. The molecule has 0 heterocycles. The molecular weight excluding hydrogens is 779 g/mol. The third-order valence-electron chi connectivity index (χ3n) is 8.65. The van der Waals surface area contributed by atoms with E-state index in [1.165, 1.54) is 6.66 Å². The summed E-state index contributed by atoms with van der Waals surface area (Å²) in [6, 6.07) is 0. The van der Waals surface area contributed by atoms with Gasteiger partial charge in [0, 0.05) is 57.0 Å². The highest BCUT2D eigenvalue weighted by molar-refractivity contribution is 8.46. The Morgan fingerprint density at radius 3 is 1.30 bits per heavy atom. The van der Waals surface area contributed by atoms with Crippen LogP contribution < -0.4 is 21.3 Å². The summed E-state index contributed by atoms with van der Waals surface area (Å²) in [5.74, 6) is 5.63. The van der Waals surface area contributed by atoms with Gasteiger partial charge >= 0.3 is 0 Å². The van der Waals surface area contributed by atoms with Gasteiger partial charge in [-0.2, -0.15) is 0 Å². The normalized spacial score (nSPS) is 16.3. The highest BCUT2D eigenvalue weighted by Crippen LogP contribution is 2.50. The monoisotopic (exact) mass is 842 g/mol. The molecule has 4 N–H and O–H groups in total. The lowest BCUT2D eigenvalue weighted by molar-refractivity contribution is -0.131. The van der Waals surface area contributed by atoms with Gasteiger partial charge in [-0.15, -0.1) is 19.3 Å². The molecule has 1 aliphatic carbocycles. The van der Waals surface area contributed by atoms with E-state index in [-0.39, 0.29) is 133 Å². The highest BCUT2D eigenvalue weighted by atomic mass is 32.7. The first kappa shape index (κ1) is 51.9. The van der Waals surface area contributed by atoms with Crippen molar-refractivity contribution >= 4 is 42.4 Å².